The van der Waals surface area contributed by atoms with Gasteiger partial charge in [-0.3, -0.25) is 0 Å². The molecule has 0 spiro atoms. The number of methoxy groups -OCH3 is 1. The molecule has 0 unspecified atom stereocenters. The fourth-order valence-electron chi connectivity index (χ4n) is 2.97. The second kappa shape index (κ2) is 5.52. The number of hydrogen-bond donors (Lipinski definition) is 1. The highest BCUT2D eigenvalue weighted by Gasteiger charge is 2.20. The van der Waals surface area contributed by atoms with Crippen molar-refractivity contribution in [1.82, 2.24) is 0 Å². The lowest BCUT2D eigenvalue weighted by Crippen LogP contribution is -1.98. The molecule has 6 heteroatoms. The van der Waals surface area contributed by atoms with Crippen LogP contribution in [-0.4, -0.2) is 18.2 Å². The van der Waals surface area contributed by atoms with E-state index in [-0.39, 0.29) is 5.56 Å². The maximum atomic E-state index is 11.8. The van der Waals surface area contributed by atoms with Gasteiger partial charge < -0.3 is 18.7 Å². The Balaban J connectivity index is 2.14. The van der Waals surface area contributed by atoms with E-state index in [2.05, 4.69) is 0 Å². The minimum atomic E-state index is -1.01. The number of benzene rings is 2. The fraction of sp³-hybridized carbons (Fsp3) is 0.0526. The van der Waals surface area contributed by atoms with Crippen molar-refractivity contribution < 1.29 is 23.5 Å². The Bertz CT molecular complexity index is 1160. The van der Waals surface area contributed by atoms with Gasteiger partial charge in [-0.15, -0.1) is 0 Å². The second-order valence-electron chi connectivity index (χ2n) is 5.45. The smallest absolute Gasteiger partial charge is 0.336 e. The molecular formula is C19H12O6. The van der Waals surface area contributed by atoms with Crippen molar-refractivity contribution in [2.24, 2.45) is 0 Å². The normalized spacial score (nSPS) is 11.1. The van der Waals surface area contributed by atoms with Crippen molar-refractivity contribution >= 4 is 27.9 Å². The van der Waals surface area contributed by atoms with E-state index in [1.165, 1.54) is 31.6 Å². The van der Waals surface area contributed by atoms with Crippen LogP contribution < -0.4 is 10.4 Å². The molecule has 2 aromatic carbocycles. The molecule has 0 fully saturated rings. The largest absolute Gasteiger partial charge is 0.495 e. The first-order valence-electron chi connectivity index (χ1n) is 7.45. The molecule has 4 aromatic rings. The van der Waals surface area contributed by atoms with Crippen LogP contribution in [0.4, 0.5) is 0 Å². The lowest BCUT2D eigenvalue weighted by atomic mass is 9.98. The van der Waals surface area contributed by atoms with Crippen molar-refractivity contribution in [3.63, 3.8) is 0 Å². The van der Waals surface area contributed by atoms with E-state index in [0.717, 1.165) is 5.39 Å². The summed E-state index contributed by atoms with van der Waals surface area (Å²) in [4.78, 5) is 22.8. The Morgan fingerprint density at radius 1 is 1.00 bits per heavy atom. The van der Waals surface area contributed by atoms with Crippen LogP contribution in [0, 0.1) is 0 Å². The van der Waals surface area contributed by atoms with Crippen LogP contribution in [0.3, 0.4) is 0 Å². The Morgan fingerprint density at radius 3 is 2.40 bits per heavy atom. The van der Waals surface area contributed by atoms with Gasteiger partial charge in [0.2, 0.25) is 0 Å². The lowest BCUT2D eigenvalue weighted by molar-refractivity contribution is 0.0697. The second-order valence-corrected chi connectivity index (χ2v) is 5.45. The standard InChI is InChI=1S/C19H12O6/c1-23-16-12-6-7-14(20)25-18(12)15(17-13(16)8-9-24-17)10-2-4-11(5-3-10)19(21)22/h2-9H,1H3,(H,21,22). The molecular weight excluding hydrogens is 324 g/mol. The highest BCUT2D eigenvalue weighted by molar-refractivity contribution is 6.12. The molecule has 4 rings (SSSR count). The molecule has 0 radical (unpaired) electrons. The number of hydrogen-bond acceptors (Lipinski definition) is 5. The number of rotatable bonds is 3. The van der Waals surface area contributed by atoms with Crippen LogP contribution in [0.2, 0.25) is 0 Å². The molecule has 2 heterocycles. The predicted octanol–water partition coefficient (Wildman–Crippen LogP) is 3.91. The van der Waals surface area contributed by atoms with E-state index in [1.54, 1.807) is 24.3 Å². The van der Waals surface area contributed by atoms with E-state index in [4.69, 9.17) is 18.7 Å². The van der Waals surface area contributed by atoms with Gasteiger partial charge >= 0.3 is 11.6 Å². The third-order valence-corrected chi connectivity index (χ3v) is 4.07. The monoisotopic (exact) mass is 336 g/mol. The van der Waals surface area contributed by atoms with Crippen molar-refractivity contribution in [2.75, 3.05) is 7.11 Å². The molecule has 6 nitrogen and oxygen atoms in total. The quantitative estimate of drug-likeness (QED) is 0.570. The molecule has 0 atom stereocenters. The van der Waals surface area contributed by atoms with E-state index in [0.29, 0.717) is 33.4 Å². The third-order valence-electron chi connectivity index (χ3n) is 4.07. The molecule has 0 saturated carbocycles. The zero-order valence-corrected chi connectivity index (χ0v) is 13.1. The Morgan fingerprint density at radius 2 is 1.72 bits per heavy atom. The molecule has 1 N–H and O–H groups in total. The highest BCUT2D eigenvalue weighted by Crippen LogP contribution is 2.42. The molecule has 0 aliphatic carbocycles. The Hall–Kier alpha value is -3.54. The number of ether oxygens (including phenoxy) is 1. The predicted molar refractivity (Wildman–Crippen MR) is 91.2 cm³/mol. The number of furan rings is 1. The fourth-order valence-corrected chi connectivity index (χ4v) is 2.97. The van der Waals surface area contributed by atoms with Gasteiger partial charge in [0.25, 0.3) is 0 Å². The van der Waals surface area contributed by atoms with E-state index >= 15 is 0 Å². The van der Waals surface area contributed by atoms with Crippen LogP contribution >= 0.6 is 0 Å². The highest BCUT2D eigenvalue weighted by atomic mass is 16.5. The average Bonchev–Trinajstić information content (AvgIpc) is 3.08. The first kappa shape index (κ1) is 15.0. The lowest BCUT2D eigenvalue weighted by Gasteiger charge is -2.11. The number of carbonyl (C=O) groups is 1. The summed E-state index contributed by atoms with van der Waals surface area (Å²) in [5.74, 6) is -0.464. The summed E-state index contributed by atoms with van der Waals surface area (Å²) in [5.41, 5.74) is 1.75. The minimum Gasteiger partial charge on any atom is -0.495 e. The third kappa shape index (κ3) is 2.27. The number of aromatic carboxylic acids is 1. The van der Waals surface area contributed by atoms with Crippen molar-refractivity contribution in [2.45, 2.75) is 0 Å². The van der Waals surface area contributed by atoms with Gasteiger partial charge in [-0.1, -0.05) is 12.1 Å². The van der Waals surface area contributed by atoms with Crippen LogP contribution in [0.15, 0.2) is 62.4 Å². The molecule has 0 aliphatic heterocycles. The van der Waals surface area contributed by atoms with Crippen molar-refractivity contribution in [1.29, 1.82) is 0 Å². The van der Waals surface area contributed by atoms with Crippen LogP contribution in [0.1, 0.15) is 10.4 Å². The summed E-state index contributed by atoms with van der Waals surface area (Å²) in [7, 11) is 1.54. The zero-order valence-electron chi connectivity index (χ0n) is 13.1. The zero-order chi connectivity index (χ0) is 17.6. The van der Waals surface area contributed by atoms with Crippen molar-refractivity contribution in [3.05, 3.63) is 64.7 Å². The van der Waals surface area contributed by atoms with Gasteiger partial charge in [-0.2, -0.15) is 0 Å². The summed E-state index contributed by atoms with van der Waals surface area (Å²) in [6.45, 7) is 0. The molecule has 2 aromatic heterocycles. The van der Waals surface area contributed by atoms with Gasteiger partial charge in [0.1, 0.15) is 11.3 Å². The number of carboxylic acids is 1. The van der Waals surface area contributed by atoms with Crippen molar-refractivity contribution in [3.8, 4) is 16.9 Å². The summed E-state index contributed by atoms with van der Waals surface area (Å²) in [6, 6.07) is 11.0. The summed E-state index contributed by atoms with van der Waals surface area (Å²) in [5, 5.41) is 10.4. The van der Waals surface area contributed by atoms with Gasteiger partial charge in [-0.05, 0) is 29.8 Å². The number of fused-ring (bicyclic) bond motifs is 2. The molecule has 0 saturated heterocycles. The maximum Gasteiger partial charge on any atom is 0.336 e. The van der Waals surface area contributed by atoms with Gasteiger partial charge in [-0.25, -0.2) is 9.59 Å². The topological polar surface area (TPSA) is 89.9 Å². The van der Waals surface area contributed by atoms with Crippen LogP contribution in [0.5, 0.6) is 5.75 Å². The Kier molecular flexibility index (Phi) is 3.32. The average molecular weight is 336 g/mol. The SMILES string of the molecule is COc1c2ccoc2c(-c2ccc(C(=O)O)cc2)c2oc(=O)ccc12. The minimum absolute atomic E-state index is 0.165. The molecule has 0 aliphatic rings. The molecule has 124 valence electrons. The van der Waals surface area contributed by atoms with Gasteiger partial charge in [0.05, 0.1) is 35.3 Å². The number of carboxylic acid groups (broad SMARTS) is 1. The first-order chi connectivity index (χ1) is 12.1. The van der Waals surface area contributed by atoms with Gasteiger partial charge in [0, 0.05) is 6.07 Å². The van der Waals surface area contributed by atoms with Gasteiger partial charge in [0.15, 0.2) is 5.58 Å². The Labute approximate surface area is 140 Å². The molecule has 25 heavy (non-hydrogen) atoms. The van der Waals surface area contributed by atoms with E-state index < -0.39 is 11.6 Å². The summed E-state index contributed by atoms with van der Waals surface area (Å²) in [6.07, 6.45) is 1.53. The summed E-state index contributed by atoms with van der Waals surface area (Å²) >= 11 is 0. The maximum absolute atomic E-state index is 11.8. The van der Waals surface area contributed by atoms with Crippen LogP contribution in [-0.2, 0) is 0 Å². The summed E-state index contributed by atoms with van der Waals surface area (Å²) < 4.78 is 16.5. The van der Waals surface area contributed by atoms with E-state index in [1.807, 2.05) is 0 Å². The molecule has 0 amide bonds. The van der Waals surface area contributed by atoms with E-state index in [9.17, 15) is 9.59 Å². The molecule has 0 bridgehead atoms. The first-order valence-corrected chi connectivity index (χ1v) is 7.45. The van der Waals surface area contributed by atoms with Crippen LogP contribution in [0.25, 0.3) is 33.1 Å².